The molecular weight excluding hydrogens is 270 g/mol. The summed E-state index contributed by atoms with van der Waals surface area (Å²) in [6.07, 6.45) is 3.02. The van der Waals surface area contributed by atoms with Crippen molar-refractivity contribution in [2.75, 3.05) is 12.3 Å². The molecule has 110 valence electrons. The lowest BCUT2D eigenvalue weighted by atomic mass is 9.94. The second-order valence-corrected chi connectivity index (χ2v) is 7.96. The van der Waals surface area contributed by atoms with Crippen molar-refractivity contribution < 1.29 is 23.1 Å². The number of nitrogens with one attached hydrogen (secondary N) is 1. The SMILES string of the molecule is CC(C)(CNC(=O)CS(=O)(=O)C1CCCC1)C(=O)O. The number of sulfone groups is 1. The van der Waals surface area contributed by atoms with Gasteiger partial charge in [-0.3, -0.25) is 9.59 Å². The first-order valence-electron chi connectivity index (χ1n) is 6.37. The lowest BCUT2D eigenvalue weighted by Gasteiger charge is -2.19. The normalized spacial score (nSPS) is 17.4. The van der Waals surface area contributed by atoms with Gasteiger partial charge in [-0.1, -0.05) is 12.8 Å². The predicted molar refractivity (Wildman–Crippen MR) is 70.5 cm³/mol. The van der Waals surface area contributed by atoms with Gasteiger partial charge in [0.1, 0.15) is 5.75 Å². The predicted octanol–water partition coefficient (Wildman–Crippen LogP) is 0.571. The Kier molecular flexibility index (Phi) is 4.95. The highest BCUT2D eigenvalue weighted by Crippen LogP contribution is 2.25. The molecule has 1 amide bonds. The average molecular weight is 291 g/mol. The maximum atomic E-state index is 11.9. The van der Waals surface area contributed by atoms with Gasteiger partial charge in [-0.05, 0) is 26.7 Å². The Balaban J connectivity index is 2.49. The summed E-state index contributed by atoms with van der Waals surface area (Å²) in [6.45, 7) is 2.86. The van der Waals surface area contributed by atoms with E-state index in [1.807, 2.05) is 0 Å². The molecule has 0 aromatic heterocycles. The number of hydrogen-bond acceptors (Lipinski definition) is 4. The molecule has 1 rings (SSSR count). The van der Waals surface area contributed by atoms with Crippen LogP contribution >= 0.6 is 0 Å². The number of amides is 1. The van der Waals surface area contributed by atoms with Crippen molar-refractivity contribution in [3.63, 3.8) is 0 Å². The van der Waals surface area contributed by atoms with E-state index < -0.39 is 38.1 Å². The van der Waals surface area contributed by atoms with Crippen molar-refractivity contribution in [2.45, 2.75) is 44.8 Å². The van der Waals surface area contributed by atoms with E-state index in [9.17, 15) is 18.0 Å². The van der Waals surface area contributed by atoms with E-state index in [1.165, 1.54) is 13.8 Å². The van der Waals surface area contributed by atoms with Gasteiger partial charge in [0, 0.05) is 6.54 Å². The first-order chi connectivity index (χ1) is 8.65. The highest BCUT2D eigenvalue weighted by atomic mass is 32.2. The lowest BCUT2D eigenvalue weighted by molar-refractivity contribution is -0.146. The van der Waals surface area contributed by atoms with Gasteiger partial charge in [-0.25, -0.2) is 8.42 Å². The molecule has 6 nitrogen and oxygen atoms in total. The van der Waals surface area contributed by atoms with E-state index in [1.54, 1.807) is 0 Å². The van der Waals surface area contributed by atoms with E-state index in [0.29, 0.717) is 12.8 Å². The van der Waals surface area contributed by atoms with Gasteiger partial charge < -0.3 is 10.4 Å². The quantitative estimate of drug-likeness (QED) is 0.745. The number of aliphatic carboxylic acids is 1. The molecule has 0 unspecified atom stereocenters. The van der Waals surface area contributed by atoms with Gasteiger partial charge in [-0.2, -0.15) is 0 Å². The highest BCUT2D eigenvalue weighted by molar-refractivity contribution is 7.92. The molecule has 0 heterocycles. The van der Waals surface area contributed by atoms with Crippen LogP contribution in [0.25, 0.3) is 0 Å². The second-order valence-electron chi connectivity index (χ2n) is 5.68. The zero-order valence-electron chi connectivity index (χ0n) is 11.3. The molecule has 0 atom stereocenters. The molecule has 0 bridgehead atoms. The molecule has 0 aromatic carbocycles. The average Bonchev–Trinajstić information content (AvgIpc) is 2.79. The maximum Gasteiger partial charge on any atom is 0.310 e. The Bertz CT molecular complexity index is 449. The smallest absolute Gasteiger partial charge is 0.310 e. The summed E-state index contributed by atoms with van der Waals surface area (Å²) >= 11 is 0. The molecule has 1 fully saturated rings. The molecule has 0 radical (unpaired) electrons. The third-order valence-electron chi connectivity index (χ3n) is 3.45. The summed E-state index contributed by atoms with van der Waals surface area (Å²) < 4.78 is 23.8. The van der Waals surface area contributed by atoms with Crippen molar-refractivity contribution in [2.24, 2.45) is 5.41 Å². The van der Waals surface area contributed by atoms with Gasteiger partial charge in [0.15, 0.2) is 9.84 Å². The number of hydrogen-bond donors (Lipinski definition) is 2. The third-order valence-corrected chi connectivity index (χ3v) is 5.60. The minimum atomic E-state index is -3.41. The summed E-state index contributed by atoms with van der Waals surface area (Å²) in [5, 5.41) is 10.9. The molecule has 1 aliphatic rings. The number of rotatable bonds is 6. The molecule has 2 N–H and O–H groups in total. The highest BCUT2D eigenvalue weighted by Gasteiger charge is 2.32. The molecule has 0 aromatic rings. The van der Waals surface area contributed by atoms with E-state index in [-0.39, 0.29) is 6.54 Å². The van der Waals surface area contributed by atoms with Crippen LogP contribution in [0.4, 0.5) is 0 Å². The molecule has 0 saturated heterocycles. The minimum absolute atomic E-state index is 0.0820. The summed E-state index contributed by atoms with van der Waals surface area (Å²) in [4.78, 5) is 22.5. The Morgan fingerprint density at radius 2 is 1.79 bits per heavy atom. The number of carboxylic acid groups (broad SMARTS) is 1. The van der Waals surface area contributed by atoms with Crippen LogP contribution in [0.1, 0.15) is 39.5 Å². The Morgan fingerprint density at radius 1 is 1.26 bits per heavy atom. The molecular formula is C12H21NO5S. The number of carbonyl (C=O) groups excluding carboxylic acids is 1. The standard InChI is InChI=1S/C12H21NO5S/c1-12(2,11(15)16)8-13-10(14)7-19(17,18)9-5-3-4-6-9/h9H,3-8H2,1-2H3,(H,13,14)(H,15,16). The van der Waals surface area contributed by atoms with Crippen LogP contribution in [0.5, 0.6) is 0 Å². The first kappa shape index (κ1) is 15.9. The number of carboxylic acids is 1. The molecule has 0 spiro atoms. The fraction of sp³-hybridized carbons (Fsp3) is 0.833. The van der Waals surface area contributed by atoms with Crippen molar-refractivity contribution in [3.8, 4) is 0 Å². The van der Waals surface area contributed by atoms with Crippen LogP contribution < -0.4 is 5.32 Å². The minimum Gasteiger partial charge on any atom is -0.481 e. The molecule has 7 heteroatoms. The maximum absolute atomic E-state index is 11.9. The van der Waals surface area contributed by atoms with E-state index in [2.05, 4.69) is 5.32 Å². The van der Waals surface area contributed by atoms with Gasteiger partial charge >= 0.3 is 5.97 Å². The Morgan fingerprint density at radius 3 is 2.26 bits per heavy atom. The van der Waals surface area contributed by atoms with Crippen molar-refractivity contribution in [1.82, 2.24) is 5.32 Å². The van der Waals surface area contributed by atoms with Crippen LogP contribution in [0.3, 0.4) is 0 Å². The molecule has 1 aliphatic carbocycles. The van der Waals surface area contributed by atoms with Crippen molar-refractivity contribution >= 4 is 21.7 Å². The third kappa shape index (κ3) is 4.49. The van der Waals surface area contributed by atoms with Crippen LogP contribution in [0.2, 0.25) is 0 Å². The van der Waals surface area contributed by atoms with Gasteiger partial charge in [0.2, 0.25) is 5.91 Å². The summed E-state index contributed by atoms with van der Waals surface area (Å²) in [7, 11) is -3.41. The monoisotopic (exact) mass is 291 g/mol. The lowest BCUT2D eigenvalue weighted by Crippen LogP contribution is -2.42. The van der Waals surface area contributed by atoms with Crippen LogP contribution in [-0.2, 0) is 19.4 Å². The Hall–Kier alpha value is -1.11. The fourth-order valence-electron chi connectivity index (χ4n) is 1.99. The van der Waals surface area contributed by atoms with E-state index >= 15 is 0 Å². The van der Waals surface area contributed by atoms with Gasteiger partial charge in [-0.15, -0.1) is 0 Å². The summed E-state index contributed by atoms with van der Waals surface area (Å²) in [5.41, 5.74) is -1.10. The molecule has 19 heavy (non-hydrogen) atoms. The number of carbonyl (C=O) groups is 2. The van der Waals surface area contributed by atoms with Crippen molar-refractivity contribution in [1.29, 1.82) is 0 Å². The van der Waals surface area contributed by atoms with E-state index in [0.717, 1.165) is 12.8 Å². The zero-order valence-corrected chi connectivity index (χ0v) is 12.1. The molecule has 1 saturated carbocycles. The second kappa shape index (κ2) is 5.90. The molecule has 0 aliphatic heterocycles. The largest absolute Gasteiger partial charge is 0.481 e. The topological polar surface area (TPSA) is 101 Å². The zero-order chi connectivity index (χ0) is 14.7. The van der Waals surface area contributed by atoms with Crippen LogP contribution in [0, 0.1) is 5.41 Å². The van der Waals surface area contributed by atoms with E-state index in [4.69, 9.17) is 5.11 Å². The van der Waals surface area contributed by atoms with Gasteiger partial charge in [0.25, 0.3) is 0 Å². The fourth-order valence-corrected chi connectivity index (χ4v) is 3.75. The van der Waals surface area contributed by atoms with Crippen molar-refractivity contribution in [3.05, 3.63) is 0 Å². The van der Waals surface area contributed by atoms with Crippen LogP contribution in [-0.4, -0.2) is 42.9 Å². The summed E-state index contributed by atoms with van der Waals surface area (Å²) in [6, 6.07) is 0. The summed E-state index contributed by atoms with van der Waals surface area (Å²) in [5.74, 6) is -2.21. The van der Waals surface area contributed by atoms with Crippen LogP contribution in [0.15, 0.2) is 0 Å². The Labute approximate surface area is 113 Å². The van der Waals surface area contributed by atoms with Gasteiger partial charge in [0.05, 0.1) is 10.7 Å². The first-order valence-corrected chi connectivity index (χ1v) is 8.08.